The van der Waals surface area contributed by atoms with Gasteiger partial charge >= 0.3 is 0 Å². The van der Waals surface area contributed by atoms with Crippen molar-refractivity contribution in [3.05, 3.63) is 24.3 Å². The highest BCUT2D eigenvalue weighted by Gasteiger charge is 2.20. The zero-order valence-corrected chi connectivity index (χ0v) is 14.1. The highest BCUT2D eigenvalue weighted by Crippen LogP contribution is 2.23. The summed E-state index contributed by atoms with van der Waals surface area (Å²) in [6.07, 6.45) is 2.78. The van der Waals surface area contributed by atoms with E-state index in [2.05, 4.69) is 0 Å². The Bertz CT molecular complexity index is 577. The first-order valence-electron chi connectivity index (χ1n) is 7.03. The number of carbonyl (C=O) groups is 1. The second-order valence-electron chi connectivity index (χ2n) is 5.16. The van der Waals surface area contributed by atoms with E-state index in [1.54, 1.807) is 36.2 Å². The Kier molecular flexibility index (Phi) is 5.78. The maximum atomic E-state index is 12.3. The number of carbonyl (C=O) groups excluding carboxylic acids is 1. The van der Waals surface area contributed by atoms with Crippen LogP contribution in [-0.4, -0.2) is 34.7 Å². The Labute approximate surface area is 127 Å². The molecule has 1 aromatic carbocycles. The van der Waals surface area contributed by atoms with Crippen LogP contribution < -0.4 is 9.21 Å². The summed E-state index contributed by atoms with van der Waals surface area (Å²) in [6.45, 7) is 4.01. The molecule has 0 bridgehead atoms. The third-order valence-electron chi connectivity index (χ3n) is 3.76. The third kappa shape index (κ3) is 4.20. The van der Waals surface area contributed by atoms with Crippen LogP contribution in [0.4, 0.5) is 11.4 Å². The number of benzene rings is 1. The molecule has 21 heavy (non-hydrogen) atoms. The molecule has 0 fully saturated rings. The summed E-state index contributed by atoms with van der Waals surface area (Å²) in [4.78, 5) is 13.9. The predicted octanol–water partition coefficient (Wildman–Crippen LogP) is 2.48. The Morgan fingerprint density at radius 2 is 1.48 bits per heavy atom. The van der Waals surface area contributed by atoms with E-state index < -0.39 is 10.0 Å². The van der Waals surface area contributed by atoms with Crippen molar-refractivity contribution < 1.29 is 13.2 Å². The molecule has 5 nitrogen and oxygen atoms in total. The zero-order valence-electron chi connectivity index (χ0n) is 13.3. The van der Waals surface area contributed by atoms with Gasteiger partial charge < -0.3 is 4.90 Å². The summed E-state index contributed by atoms with van der Waals surface area (Å²) < 4.78 is 24.2. The van der Waals surface area contributed by atoms with Crippen molar-refractivity contribution in [3.8, 4) is 0 Å². The van der Waals surface area contributed by atoms with Crippen molar-refractivity contribution in [2.75, 3.05) is 29.6 Å². The molecule has 0 aliphatic rings. The lowest BCUT2D eigenvalue weighted by Gasteiger charge is -2.23. The van der Waals surface area contributed by atoms with E-state index in [1.165, 1.54) is 11.4 Å². The maximum Gasteiger partial charge on any atom is 0.231 e. The molecule has 0 aromatic heterocycles. The van der Waals surface area contributed by atoms with Gasteiger partial charge in [-0.05, 0) is 37.1 Å². The molecular weight excluding hydrogens is 288 g/mol. The van der Waals surface area contributed by atoms with Crippen LogP contribution in [-0.2, 0) is 14.8 Å². The summed E-state index contributed by atoms with van der Waals surface area (Å²) >= 11 is 0. The molecular formula is C15H24N2O3S. The van der Waals surface area contributed by atoms with Crippen LogP contribution >= 0.6 is 0 Å². The fourth-order valence-corrected chi connectivity index (χ4v) is 2.62. The number of sulfonamides is 1. The van der Waals surface area contributed by atoms with E-state index in [4.69, 9.17) is 0 Å². The average molecular weight is 312 g/mol. The molecule has 0 atom stereocenters. The van der Waals surface area contributed by atoms with Gasteiger partial charge in [-0.1, -0.05) is 13.8 Å². The molecule has 0 radical (unpaired) electrons. The standard InChI is InChI=1S/C15H24N2O3S/c1-6-12(7-2)15(18)16(3)13-8-10-14(11-9-13)17(4)21(5,19)20/h8-12H,6-7H2,1-5H3. The molecule has 118 valence electrons. The lowest BCUT2D eigenvalue weighted by Crippen LogP contribution is -2.32. The summed E-state index contributed by atoms with van der Waals surface area (Å²) in [7, 11) is -0.0245. The predicted molar refractivity (Wildman–Crippen MR) is 87.2 cm³/mol. The van der Waals surface area contributed by atoms with Crippen molar-refractivity contribution in [2.24, 2.45) is 5.92 Å². The third-order valence-corrected chi connectivity index (χ3v) is 4.97. The minimum Gasteiger partial charge on any atom is -0.315 e. The second-order valence-corrected chi connectivity index (χ2v) is 7.17. The molecule has 1 aromatic rings. The van der Waals surface area contributed by atoms with Gasteiger partial charge in [0.1, 0.15) is 0 Å². The van der Waals surface area contributed by atoms with E-state index in [0.717, 1.165) is 24.8 Å². The van der Waals surface area contributed by atoms with Crippen LogP contribution in [0.3, 0.4) is 0 Å². The van der Waals surface area contributed by atoms with Crippen LogP contribution in [0.15, 0.2) is 24.3 Å². The van der Waals surface area contributed by atoms with Gasteiger partial charge in [0, 0.05) is 25.7 Å². The van der Waals surface area contributed by atoms with Crippen LogP contribution in [0.5, 0.6) is 0 Å². The number of nitrogens with zero attached hydrogens (tertiary/aromatic N) is 2. The molecule has 1 rings (SSSR count). The van der Waals surface area contributed by atoms with Crippen molar-refractivity contribution >= 4 is 27.3 Å². The zero-order chi connectivity index (χ0) is 16.2. The van der Waals surface area contributed by atoms with Crippen molar-refractivity contribution in [2.45, 2.75) is 26.7 Å². The Balaban J connectivity index is 2.95. The minimum atomic E-state index is -3.27. The summed E-state index contributed by atoms with van der Waals surface area (Å²) in [5, 5.41) is 0. The van der Waals surface area contributed by atoms with Gasteiger partial charge in [-0.25, -0.2) is 8.42 Å². The second kappa shape index (κ2) is 6.93. The maximum absolute atomic E-state index is 12.3. The molecule has 0 aliphatic carbocycles. The van der Waals surface area contributed by atoms with Gasteiger partial charge in [-0.2, -0.15) is 0 Å². The normalized spacial score (nSPS) is 11.5. The van der Waals surface area contributed by atoms with E-state index in [9.17, 15) is 13.2 Å². The Morgan fingerprint density at radius 1 is 1.05 bits per heavy atom. The van der Waals surface area contributed by atoms with Crippen LogP contribution in [0.2, 0.25) is 0 Å². The molecule has 6 heteroatoms. The van der Waals surface area contributed by atoms with Crippen molar-refractivity contribution in [3.63, 3.8) is 0 Å². The number of anilines is 2. The van der Waals surface area contributed by atoms with Crippen LogP contribution in [0.25, 0.3) is 0 Å². The summed E-state index contributed by atoms with van der Waals surface area (Å²) in [6, 6.07) is 6.93. The fourth-order valence-electron chi connectivity index (χ4n) is 2.12. The van der Waals surface area contributed by atoms with Gasteiger partial charge in [0.05, 0.1) is 11.9 Å². The van der Waals surface area contributed by atoms with Gasteiger partial charge in [-0.3, -0.25) is 9.10 Å². The molecule has 0 saturated carbocycles. The van der Waals surface area contributed by atoms with Gasteiger partial charge in [-0.15, -0.1) is 0 Å². The first-order chi connectivity index (χ1) is 9.72. The fraction of sp³-hybridized carbons (Fsp3) is 0.533. The molecule has 1 amide bonds. The SMILES string of the molecule is CCC(CC)C(=O)N(C)c1ccc(N(C)S(C)(=O)=O)cc1. The monoisotopic (exact) mass is 312 g/mol. The molecule has 0 spiro atoms. The molecule has 0 N–H and O–H groups in total. The molecule has 0 aliphatic heterocycles. The largest absolute Gasteiger partial charge is 0.315 e. The number of hydrogen-bond acceptors (Lipinski definition) is 3. The van der Waals surface area contributed by atoms with Crippen molar-refractivity contribution in [1.29, 1.82) is 0 Å². The van der Waals surface area contributed by atoms with E-state index in [1.807, 2.05) is 13.8 Å². The number of hydrogen-bond donors (Lipinski definition) is 0. The highest BCUT2D eigenvalue weighted by molar-refractivity contribution is 7.92. The highest BCUT2D eigenvalue weighted by atomic mass is 32.2. The van der Waals surface area contributed by atoms with Gasteiger partial charge in [0.15, 0.2) is 0 Å². The van der Waals surface area contributed by atoms with Crippen LogP contribution in [0.1, 0.15) is 26.7 Å². The van der Waals surface area contributed by atoms with Crippen molar-refractivity contribution in [1.82, 2.24) is 0 Å². The number of amides is 1. The molecule has 0 saturated heterocycles. The first kappa shape index (κ1) is 17.5. The van der Waals surface area contributed by atoms with E-state index >= 15 is 0 Å². The van der Waals surface area contributed by atoms with E-state index in [-0.39, 0.29) is 11.8 Å². The quantitative estimate of drug-likeness (QED) is 0.811. The summed E-state index contributed by atoms with van der Waals surface area (Å²) in [5.41, 5.74) is 1.34. The Hall–Kier alpha value is -1.56. The smallest absolute Gasteiger partial charge is 0.231 e. The summed E-state index contributed by atoms with van der Waals surface area (Å²) in [5.74, 6) is 0.109. The number of rotatable bonds is 6. The topological polar surface area (TPSA) is 57.7 Å². The Morgan fingerprint density at radius 3 is 1.86 bits per heavy atom. The average Bonchev–Trinajstić information content (AvgIpc) is 2.46. The lowest BCUT2D eigenvalue weighted by atomic mass is 10.0. The minimum absolute atomic E-state index is 0.0216. The molecule has 0 unspecified atom stereocenters. The van der Waals surface area contributed by atoms with Gasteiger partial charge in [0.25, 0.3) is 0 Å². The van der Waals surface area contributed by atoms with Gasteiger partial charge in [0.2, 0.25) is 15.9 Å². The van der Waals surface area contributed by atoms with Crippen LogP contribution in [0, 0.1) is 5.92 Å². The first-order valence-corrected chi connectivity index (χ1v) is 8.88. The van der Waals surface area contributed by atoms with E-state index in [0.29, 0.717) is 5.69 Å². The lowest BCUT2D eigenvalue weighted by molar-refractivity contribution is -0.122. The molecule has 0 heterocycles.